The van der Waals surface area contributed by atoms with Gasteiger partial charge >= 0.3 is 6.18 Å². The van der Waals surface area contributed by atoms with Crippen LogP contribution in [-0.2, 0) is 28.7 Å². The van der Waals surface area contributed by atoms with Gasteiger partial charge in [-0.25, -0.2) is 0 Å². The molecule has 2 aliphatic rings. The van der Waals surface area contributed by atoms with Crippen LogP contribution < -0.4 is 4.90 Å². The van der Waals surface area contributed by atoms with Crippen molar-refractivity contribution in [2.45, 2.75) is 25.6 Å². The average molecular weight is 427 g/mol. The summed E-state index contributed by atoms with van der Waals surface area (Å²) in [4.78, 5) is 32.2. The van der Waals surface area contributed by atoms with Crippen LogP contribution in [0.15, 0.2) is 48.5 Å². The number of nitrogens with zero attached hydrogens (tertiary/aromatic N) is 2. The van der Waals surface area contributed by atoms with E-state index in [9.17, 15) is 22.8 Å². The number of alkyl halides is 3. The SMILES string of the molecule is O=C([C@H]1CC(=O)N(c2cccc(C(F)(F)F)c2)C1)N1CCc2[nH]c3ccccc3c2C1. The molecule has 1 fully saturated rings. The minimum absolute atomic E-state index is 0.00627. The van der Waals surface area contributed by atoms with Gasteiger partial charge in [-0.05, 0) is 24.3 Å². The van der Waals surface area contributed by atoms with Crippen LogP contribution in [0.2, 0.25) is 0 Å². The summed E-state index contributed by atoms with van der Waals surface area (Å²) >= 11 is 0. The third-order valence-electron chi connectivity index (χ3n) is 6.15. The first-order valence-corrected chi connectivity index (χ1v) is 10.2. The summed E-state index contributed by atoms with van der Waals surface area (Å²) in [5.41, 5.74) is 2.62. The van der Waals surface area contributed by atoms with Crippen molar-refractivity contribution in [3.63, 3.8) is 0 Å². The summed E-state index contributed by atoms with van der Waals surface area (Å²) in [7, 11) is 0. The second kappa shape index (κ2) is 7.14. The van der Waals surface area contributed by atoms with E-state index in [-0.39, 0.29) is 30.5 Å². The molecule has 1 N–H and O–H groups in total. The number of hydrogen-bond acceptors (Lipinski definition) is 2. The average Bonchev–Trinajstić information content (AvgIpc) is 3.33. The van der Waals surface area contributed by atoms with E-state index in [1.807, 2.05) is 24.3 Å². The minimum Gasteiger partial charge on any atom is -0.358 e. The van der Waals surface area contributed by atoms with E-state index in [2.05, 4.69) is 4.98 Å². The van der Waals surface area contributed by atoms with Gasteiger partial charge in [0.25, 0.3) is 0 Å². The van der Waals surface area contributed by atoms with Gasteiger partial charge in [0.05, 0.1) is 11.5 Å². The maximum atomic E-state index is 13.2. The molecule has 1 atom stereocenters. The van der Waals surface area contributed by atoms with Gasteiger partial charge in [0, 0.05) is 60.3 Å². The summed E-state index contributed by atoms with van der Waals surface area (Å²) in [6.07, 6.45) is -3.78. The highest BCUT2D eigenvalue weighted by Gasteiger charge is 2.39. The van der Waals surface area contributed by atoms with Gasteiger partial charge in [0.15, 0.2) is 0 Å². The number of H-pyrrole nitrogens is 1. The van der Waals surface area contributed by atoms with Crippen molar-refractivity contribution in [1.82, 2.24) is 9.88 Å². The van der Waals surface area contributed by atoms with E-state index in [1.54, 1.807) is 4.90 Å². The number of halogens is 3. The number of anilines is 1. The lowest BCUT2D eigenvalue weighted by molar-refractivity contribution is -0.137. The fourth-order valence-corrected chi connectivity index (χ4v) is 4.59. The first-order valence-electron chi connectivity index (χ1n) is 10.2. The molecule has 0 bridgehead atoms. The normalized spacial score (nSPS) is 19.2. The third-order valence-corrected chi connectivity index (χ3v) is 6.15. The van der Waals surface area contributed by atoms with E-state index >= 15 is 0 Å². The molecule has 5 rings (SSSR count). The van der Waals surface area contributed by atoms with E-state index < -0.39 is 17.7 Å². The number of benzene rings is 2. The van der Waals surface area contributed by atoms with Crippen LogP contribution in [0.5, 0.6) is 0 Å². The maximum Gasteiger partial charge on any atom is 0.416 e. The lowest BCUT2D eigenvalue weighted by Gasteiger charge is -2.29. The number of para-hydroxylation sites is 1. The molecule has 0 saturated carbocycles. The molecule has 31 heavy (non-hydrogen) atoms. The van der Waals surface area contributed by atoms with Gasteiger partial charge < -0.3 is 14.8 Å². The van der Waals surface area contributed by atoms with Crippen LogP contribution >= 0.6 is 0 Å². The molecule has 0 radical (unpaired) electrons. The highest BCUT2D eigenvalue weighted by molar-refractivity contribution is 6.00. The molecule has 1 aromatic heterocycles. The number of fused-ring (bicyclic) bond motifs is 3. The summed E-state index contributed by atoms with van der Waals surface area (Å²) in [6, 6.07) is 12.6. The van der Waals surface area contributed by atoms with Gasteiger partial charge in [-0.2, -0.15) is 13.2 Å². The highest BCUT2D eigenvalue weighted by atomic mass is 19.4. The second-order valence-electron chi connectivity index (χ2n) is 8.09. The van der Waals surface area contributed by atoms with E-state index in [0.29, 0.717) is 19.5 Å². The molecule has 3 aromatic rings. The van der Waals surface area contributed by atoms with Crippen molar-refractivity contribution < 1.29 is 22.8 Å². The van der Waals surface area contributed by atoms with E-state index in [1.165, 1.54) is 17.0 Å². The summed E-state index contributed by atoms with van der Waals surface area (Å²) in [6.45, 7) is 1.11. The molecular formula is C23H20F3N3O2. The maximum absolute atomic E-state index is 13.2. The molecule has 0 unspecified atom stereocenters. The Morgan fingerprint density at radius 1 is 1.10 bits per heavy atom. The van der Waals surface area contributed by atoms with E-state index in [0.717, 1.165) is 34.3 Å². The van der Waals surface area contributed by atoms with Gasteiger partial charge in [-0.3, -0.25) is 9.59 Å². The Labute approximate surface area is 176 Å². The molecule has 5 nitrogen and oxygen atoms in total. The van der Waals surface area contributed by atoms with Crippen molar-refractivity contribution in [3.05, 3.63) is 65.4 Å². The van der Waals surface area contributed by atoms with Crippen molar-refractivity contribution in [1.29, 1.82) is 0 Å². The monoisotopic (exact) mass is 427 g/mol. The number of carbonyl (C=O) groups excluding carboxylic acids is 2. The smallest absolute Gasteiger partial charge is 0.358 e. The summed E-state index contributed by atoms with van der Waals surface area (Å²) < 4.78 is 39.1. The number of rotatable bonds is 2. The number of hydrogen-bond donors (Lipinski definition) is 1. The standard InChI is InChI=1S/C23H20F3N3O2/c24-23(25,26)15-4-3-5-16(11-15)29-12-14(10-21(29)30)22(31)28-9-8-20-18(13-28)17-6-1-2-7-19(17)27-20/h1-7,11,14,27H,8-10,12-13H2/t14-/m0/s1. The Morgan fingerprint density at radius 3 is 2.71 bits per heavy atom. The lowest BCUT2D eigenvalue weighted by Crippen LogP contribution is -2.40. The molecule has 2 amide bonds. The van der Waals surface area contributed by atoms with Gasteiger partial charge in [0.1, 0.15) is 0 Å². The zero-order chi connectivity index (χ0) is 21.8. The molecule has 2 aromatic carbocycles. The fourth-order valence-electron chi connectivity index (χ4n) is 4.59. The molecule has 2 aliphatic heterocycles. The number of carbonyl (C=O) groups is 2. The quantitative estimate of drug-likeness (QED) is 0.669. The molecule has 3 heterocycles. The predicted molar refractivity (Wildman–Crippen MR) is 109 cm³/mol. The number of aromatic nitrogens is 1. The molecule has 160 valence electrons. The third kappa shape index (κ3) is 3.45. The van der Waals surface area contributed by atoms with Crippen molar-refractivity contribution in [3.8, 4) is 0 Å². The molecule has 0 spiro atoms. The lowest BCUT2D eigenvalue weighted by atomic mass is 10.0. The van der Waals surface area contributed by atoms with Crippen LogP contribution in [-0.4, -0.2) is 34.8 Å². The Bertz CT molecular complexity index is 1180. The van der Waals surface area contributed by atoms with Crippen LogP contribution in [0.3, 0.4) is 0 Å². The zero-order valence-electron chi connectivity index (χ0n) is 16.6. The first kappa shape index (κ1) is 19.7. The van der Waals surface area contributed by atoms with Crippen LogP contribution in [0.1, 0.15) is 23.2 Å². The zero-order valence-corrected chi connectivity index (χ0v) is 16.6. The number of nitrogens with one attached hydrogen (secondary N) is 1. The van der Waals surface area contributed by atoms with Gasteiger partial charge in [0.2, 0.25) is 11.8 Å². The second-order valence-corrected chi connectivity index (χ2v) is 8.09. The van der Waals surface area contributed by atoms with Gasteiger partial charge in [-0.1, -0.05) is 24.3 Å². The topological polar surface area (TPSA) is 56.4 Å². The first-order chi connectivity index (χ1) is 14.8. The van der Waals surface area contributed by atoms with Crippen LogP contribution in [0, 0.1) is 5.92 Å². The Hall–Kier alpha value is -3.29. The number of amides is 2. The van der Waals surface area contributed by atoms with Crippen molar-refractivity contribution >= 4 is 28.4 Å². The Kier molecular flexibility index (Phi) is 4.53. The predicted octanol–water partition coefficient (Wildman–Crippen LogP) is 4.12. The Morgan fingerprint density at radius 2 is 1.90 bits per heavy atom. The van der Waals surface area contributed by atoms with Crippen molar-refractivity contribution in [2.75, 3.05) is 18.0 Å². The fraction of sp³-hybridized carbons (Fsp3) is 0.304. The summed E-state index contributed by atoms with van der Waals surface area (Å²) in [5, 5.41) is 1.09. The molecule has 8 heteroatoms. The minimum atomic E-state index is -4.49. The molecule has 0 aliphatic carbocycles. The Balaban J connectivity index is 1.34. The van der Waals surface area contributed by atoms with Crippen LogP contribution in [0.4, 0.5) is 18.9 Å². The largest absolute Gasteiger partial charge is 0.416 e. The van der Waals surface area contributed by atoms with Crippen LogP contribution in [0.25, 0.3) is 10.9 Å². The van der Waals surface area contributed by atoms with E-state index in [4.69, 9.17) is 0 Å². The number of aromatic amines is 1. The molecule has 1 saturated heterocycles. The van der Waals surface area contributed by atoms with Gasteiger partial charge in [-0.15, -0.1) is 0 Å². The summed E-state index contributed by atoms with van der Waals surface area (Å²) in [5.74, 6) is -1.02. The van der Waals surface area contributed by atoms with Crippen molar-refractivity contribution in [2.24, 2.45) is 5.92 Å². The molecular weight excluding hydrogens is 407 g/mol. The highest BCUT2D eigenvalue weighted by Crippen LogP contribution is 2.34.